The molecule has 15 heavy (non-hydrogen) atoms. The summed E-state index contributed by atoms with van der Waals surface area (Å²) < 4.78 is 0. The first-order chi connectivity index (χ1) is 7.24. The summed E-state index contributed by atoms with van der Waals surface area (Å²) in [6.45, 7) is 0. The van der Waals surface area contributed by atoms with Gasteiger partial charge in [-0.15, -0.1) is 5.10 Å². The zero-order chi connectivity index (χ0) is 10.7. The lowest BCUT2D eigenvalue weighted by atomic mass is 10.4. The fourth-order valence-corrected chi connectivity index (χ4v) is 1.83. The third-order valence-corrected chi connectivity index (χ3v) is 2.83. The first kappa shape index (κ1) is 10.3. The number of nitrogen functional groups attached to an aromatic ring is 1. The minimum Gasteiger partial charge on any atom is -0.368 e. The molecule has 0 bridgehead atoms. The molecule has 0 atom stereocenters. The van der Waals surface area contributed by atoms with Crippen molar-refractivity contribution < 1.29 is 4.79 Å². The highest BCUT2D eigenvalue weighted by Crippen LogP contribution is 2.19. The number of hydrogen-bond donors (Lipinski definition) is 3. The van der Waals surface area contributed by atoms with Crippen LogP contribution in [0, 0.1) is 0 Å². The fraction of sp³-hybridized carbons (Fsp3) is 0.625. The molecule has 0 aromatic carbocycles. The van der Waals surface area contributed by atoms with Crippen LogP contribution in [0.5, 0.6) is 0 Å². The van der Waals surface area contributed by atoms with E-state index in [2.05, 4.69) is 20.5 Å². The van der Waals surface area contributed by atoms with E-state index in [4.69, 9.17) is 5.73 Å². The van der Waals surface area contributed by atoms with Gasteiger partial charge in [0.15, 0.2) is 0 Å². The second kappa shape index (κ2) is 4.52. The number of carbonyl (C=O) groups is 1. The van der Waals surface area contributed by atoms with Crippen molar-refractivity contribution in [2.24, 2.45) is 0 Å². The van der Waals surface area contributed by atoms with Gasteiger partial charge < -0.3 is 11.1 Å². The predicted molar refractivity (Wildman–Crippen MR) is 57.3 cm³/mol. The second-order valence-electron chi connectivity index (χ2n) is 3.44. The lowest BCUT2D eigenvalue weighted by Gasteiger charge is -2.00. The Bertz CT molecular complexity index is 349. The lowest BCUT2D eigenvalue weighted by molar-refractivity contribution is -0.120. The molecule has 82 valence electrons. The molecule has 4 N–H and O–H groups in total. The van der Waals surface area contributed by atoms with E-state index < -0.39 is 0 Å². The Morgan fingerprint density at radius 3 is 3.07 bits per heavy atom. The third-order valence-electron chi connectivity index (χ3n) is 1.98. The number of aromatic amines is 1. The second-order valence-corrected chi connectivity index (χ2v) is 4.51. The number of hydrogen-bond acceptors (Lipinski definition) is 5. The summed E-state index contributed by atoms with van der Waals surface area (Å²) in [5, 5.41) is 9.91. The van der Waals surface area contributed by atoms with Gasteiger partial charge in [0.25, 0.3) is 0 Å². The largest absolute Gasteiger partial charge is 0.368 e. The van der Waals surface area contributed by atoms with Crippen LogP contribution in [-0.4, -0.2) is 32.9 Å². The average Bonchev–Trinajstić information content (AvgIpc) is 2.89. The molecule has 0 unspecified atom stereocenters. The zero-order valence-corrected chi connectivity index (χ0v) is 9.01. The van der Waals surface area contributed by atoms with Gasteiger partial charge >= 0.3 is 0 Å². The van der Waals surface area contributed by atoms with E-state index in [1.165, 1.54) is 11.8 Å². The van der Waals surface area contributed by atoms with Gasteiger partial charge in [-0.25, -0.2) is 5.10 Å². The van der Waals surface area contributed by atoms with Crippen LogP contribution in [0.15, 0.2) is 5.16 Å². The lowest BCUT2D eigenvalue weighted by Crippen LogP contribution is -2.25. The van der Waals surface area contributed by atoms with E-state index >= 15 is 0 Å². The summed E-state index contributed by atoms with van der Waals surface area (Å²) in [6, 6.07) is 0.432. The van der Waals surface area contributed by atoms with Crippen LogP contribution in [0.4, 0.5) is 5.95 Å². The molecular formula is C8H13N5OS. The number of H-pyrrole nitrogens is 1. The summed E-state index contributed by atoms with van der Waals surface area (Å²) in [7, 11) is 0. The van der Waals surface area contributed by atoms with E-state index in [9.17, 15) is 4.79 Å². The summed E-state index contributed by atoms with van der Waals surface area (Å²) in [5.74, 6) is 1.09. The van der Waals surface area contributed by atoms with Gasteiger partial charge in [0.2, 0.25) is 17.0 Å². The number of nitrogens with zero attached hydrogens (tertiary/aromatic N) is 2. The summed E-state index contributed by atoms with van der Waals surface area (Å²) in [6.07, 6.45) is 2.74. The quantitative estimate of drug-likeness (QED) is 0.622. The predicted octanol–water partition coefficient (Wildman–Crippen LogP) is 0.148. The van der Waals surface area contributed by atoms with Gasteiger partial charge in [-0.1, -0.05) is 11.8 Å². The van der Waals surface area contributed by atoms with E-state index in [1.807, 2.05) is 0 Å². The highest BCUT2D eigenvalue weighted by molar-refractivity contribution is 7.99. The Morgan fingerprint density at radius 2 is 2.47 bits per heavy atom. The van der Waals surface area contributed by atoms with E-state index in [-0.39, 0.29) is 5.91 Å². The molecule has 0 radical (unpaired) electrons. The Morgan fingerprint density at radius 1 is 1.67 bits per heavy atom. The van der Waals surface area contributed by atoms with Gasteiger partial charge in [0, 0.05) is 18.2 Å². The van der Waals surface area contributed by atoms with Crippen LogP contribution >= 0.6 is 11.8 Å². The first-order valence-electron chi connectivity index (χ1n) is 4.84. The maximum absolute atomic E-state index is 11.3. The zero-order valence-electron chi connectivity index (χ0n) is 8.19. The minimum absolute atomic E-state index is 0.105. The summed E-state index contributed by atoms with van der Waals surface area (Å²) >= 11 is 1.42. The van der Waals surface area contributed by atoms with Gasteiger partial charge in [-0.2, -0.15) is 4.98 Å². The molecule has 1 heterocycles. The molecule has 2 rings (SSSR count). The molecule has 1 aliphatic rings. The number of nitrogens with two attached hydrogens (primary N) is 1. The van der Waals surface area contributed by atoms with Crippen molar-refractivity contribution >= 4 is 23.6 Å². The maximum atomic E-state index is 11.3. The number of nitrogens with one attached hydrogen (secondary N) is 2. The molecule has 7 heteroatoms. The molecular weight excluding hydrogens is 214 g/mol. The van der Waals surface area contributed by atoms with Crippen molar-refractivity contribution in [1.82, 2.24) is 20.5 Å². The molecule has 1 fully saturated rings. The molecule has 0 saturated heterocycles. The van der Waals surface area contributed by atoms with Crippen molar-refractivity contribution in [3.63, 3.8) is 0 Å². The Kier molecular flexibility index (Phi) is 3.10. The molecule has 1 aromatic rings. The molecule has 0 aliphatic heterocycles. The number of amides is 1. The smallest absolute Gasteiger partial charge is 0.221 e. The van der Waals surface area contributed by atoms with Crippen molar-refractivity contribution in [2.75, 3.05) is 11.5 Å². The molecule has 0 spiro atoms. The van der Waals surface area contributed by atoms with E-state index in [1.54, 1.807) is 0 Å². The van der Waals surface area contributed by atoms with Gasteiger partial charge in [-0.3, -0.25) is 4.79 Å². The van der Waals surface area contributed by atoms with Crippen LogP contribution in [0.3, 0.4) is 0 Å². The highest BCUT2D eigenvalue weighted by atomic mass is 32.2. The highest BCUT2D eigenvalue weighted by Gasteiger charge is 2.22. The third kappa shape index (κ3) is 3.43. The topological polar surface area (TPSA) is 96.7 Å². The Balaban J connectivity index is 1.63. The van der Waals surface area contributed by atoms with E-state index in [0.717, 1.165) is 12.8 Å². The molecule has 1 saturated carbocycles. The summed E-state index contributed by atoms with van der Waals surface area (Å²) in [4.78, 5) is 15.2. The van der Waals surface area contributed by atoms with Crippen LogP contribution in [0.2, 0.25) is 0 Å². The van der Waals surface area contributed by atoms with Crippen molar-refractivity contribution in [2.45, 2.75) is 30.5 Å². The maximum Gasteiger partial charge on any atom is 0.221 e. The number of carbonyl (C=O) groups excluding carboxylic acids is 1. The van der Waals surface area contributed by atoms with Crippen LogP contribution < -0.4 is 11.1 Å². The van der Waals surface area contributed by atoms with Crippen LogP contribution in [0.1, 0.15) is 19.3 Å². The minimum atomic E-state index is 0.105. The fourth-order valence-electron chi connectivity index (χ4n) is 1.09. The molecule has 1 aromatic heterocycles. The Labute approximate surface area is 91.4 Å². The van der Waals surface area contributed by atoms with Crippen LogP contribution in [0.25, 0.3) is 0 Å². The number of anilines is 1. The van der Waals surface area contributed by atoms with E-state index in [0.29, 0.717) is 29.3 Å². The van der Waals surface area contributed by atoms with Crippen molar-refractivity contribution in [3.05, 3.63) is 0 Å². The van der Waals surface area contributed by atoms with Gasteiger partial charge in [0.05, 0.1) is 0 Å². The SMILES string of the molecule is Nc1nc(SCCC(=O)NC2CC2)n[nH]1. The summed E-state index contributed by atoms with van der Waals surface area (Å²) in [5.41, 5.74) is 5.36. The first-order valence-corrected chi connectivity index (χ1v) is 5.82. The monoisotopic (exact) mass is 227 g/mol. The van der Waals surface area contributed by atoms with Gasteiger partial charge in [0.1, 0.15) is 0 Å². The Hall–Kier alpha value is -1.24. The number of thioether (sulfide) groups is 1. The average molecular weight is 227 g/mol. The molecule has 1 aliphatic carbocycles. The van der Waals surface area contributed by atoms with Gasteiger partial charge in [-0.05, 0) is 12.8 Å². The molecule has 6 nitrogen and oxygen atoms in total. The number of rotatable bonds is 5. The van der Waals surface area contributed by atoms with Crippen LogP contribution in [-0.2, 0) is 4.79 Å². The molecule has 1 amide bonds. The normalized spacial score (nSPS) is 15.2. The number of aromatic nitrogens is 3. The standard InChI is InChI=1S/C8H13N5OS/c9-7-11-8(13-12-7)15-4-3-6(14)10-5-1-2-5/h5H,1-4H2,(H,10,14)(H3,9,11,12,13). The van der Waals surface area contributed by atoms with Crippen molar-refractivity contribution in [3.8, 4) is 0 Å². The van der Waals surface area contributed by atoms with Crippen molar-refractivity contribution in [1.29, 1.82) is 0 Å².